The van der Waals surface area contributed by atoms with Crippen LogP contribution in [-0.2, 0) is 6.54 Å². The van der Waals surface area contributed by atoms with Crippen LogP contribution in [0.1, 0.15) is 35.7 Å². The van der Waals surface area contributed by atoms with Gasteiger partial charge in [0, 0.05) is 24.6 Å². The van der Waals surface area contributed by atoms with E-state index in [0.29, 0.717) is 31.0 Å². The number of hydrogen-bond donors (Lipinski definition) is 1. The highest BCUT2D eigenvalue weighted by atomic mass is 19.1. The fraction of sp³-hybridized carbons (Fsp3) is 0.409. The highest BCUT2D eigenvalue weighted by Gasteiger charge is 2.27. The molecule has 0 amide bonds. The van der Waals surface area contributed by atoms with Gasteiger partial charge in [0.2, 0.25) is 0 Å². The molecule has 0 aliphatic carbocycles. The SMILES string of the molecule is CCOc1cc(CN2CCCC(C(=O)c3ccc(OC)c(F)c3)C2)ccc1O. The number of ether oxygens (including phenoxy) is 2. The maximum atomic E-state index is 14.0. The number of ketones is 1. The lowest BCUT2D eigenvalue weighted by atomic mass is 9.89. The van der Waals surface area contributed by atoms with Gasteiger partial charge < -0.3 is 14.6 Å². The first-order valence-electron chi connectivity index (χ1n) is 9.56. The van der Waals surface area contributed by atoms with Crippen LogP contribution in [0.5, 0.6) is 17.2 Å². The van der Waals surface area contributed by atoms with E-state index >= 15 is 0 Å². The van der Waals surface area contributed by atoms with E-state index in [4.69, 9.17) is 9.47 Å². The number of carbonyl (C=O) groups is 1. The summed E-state index contributed by atoms with van der Waals surface area (Å²) in [5, 5.41) is 9.85. The van der Waals surface area contributed by atoms with Crippen molar-refractivity contribution in [2.45, 2.75) is 26.3 Å². The van der Waals surface area contributed by atoms with Gasteiger partial charge in [-0.3, -0.25) is 9.69 Å². The van der Waals surface area contributed by atoms with Crippen molar-refractivity contribution in [3.63, 3.8) is 0 Å². The fourth-order valence-corrected chi connectivity index (χ4v) is 3.65. The summed E-state index contributed by atoms with van der Waals surface area (Å²) in [6, 6.07) is 9.71. The molecule has 2 aromatic carbocycles. The largest absolute Gasteiger partial charge is 0.504 e. The maximum absolute atomic E-state index is 14.0. The molecule has 1 unspecified atom stereocenters. The zero-order chi connectivity index (χ0) is 20.1. The average Bonchev–Trinajstić information content (AvgIpc) is 2.70. The molecule has 1 N–H and O–H groups in total. The van der Waals surface area contributed by atoms with Crippen LogP contribution in [0, 0.1) is 11.7 Å². The Labute approximate surface area is 164 Å². The first-order chi connectivity index (χ1) is 13.5. The third-order valence-electron chi connectivity index (χ3n) is 5.04. The van der Waals surface area contributed by atoms with Gasteiger partial charge in [0.1, 0.15) is 0 Å². The molecular weight excluding hydrogens is 361 g/mol. The fourth-order valence-electron chi connectivity index (χ4n) is 3.65. The highest BCUT2D eigenvalue weighted by molar-refractivity contribution is 5.98. The highest BCUT2D eigenvalue weighted by Crippen LogP contribution is 2.29. The third kappa shape index (κ3) is 4.62. The van der Waals surface area contributed by atoms with E-state index < -0.39 is 5.82 Å². The van der Waals surface area contributed by atoms with Gasteiger partial charge in [0.25, 0.3) is 0 Å². The van der Waals surface area contributed by atoms with Gasteiger partial charge in [0.05, 0.1) is 13.7 Å². The number of likely N-dealkylation sites (tertiary alicyclic amines) is 1. The zero-order valence-corrected chi connectivity index (χ0v) is 16.3. The van der Waals surface area contributed by atoms with E-state index in [1.54, 1.807) is 12.1 Å². The summed E-state index contributed by atoms with van der Waals surface area (Å²) in [6.07, 6.45) is 1.70. The van der Waals surface area contributed by atoms with E-state index in [2.05, 4.69) is 4.90 Å². The summed E-state index contributed by atoms with van der Waals surface area (Å²) >= 11 is 0. The number of rotatable bonds is 7. The number of hydrogen-bond acceptors (Lipinski definition) is 5. The van der Waals surface area contributed by atoms with E-state index in [9.17, 15) is 14.3 Å². The number of carbonyl (C=O) groups excluding carboxylic acids is 1. The predicted octanol–water partition coefficient (Wildman–Crippen LogP) is 4.03. The number of methoxy groups -OCH3 is 1. The normalized spacial score (nSPS) is 17.3. The Hall–Kier alpha value is -2.60. The second-order valence-electron chi connectivity index (χ2n) is 7.02. The molecule has 0 saturated carbocycles. The third-order valence-corrected chi connectivity index (χ3v) is 5.04. The maximum Gasteiger partial charge on any atom is 0.167 e. The Morgan fingerprint density at radius 3 is 2.79 bits per heavy atom. The van der Waals surface area contributed by atoms with Crippen LogP contribution in [-0.4, -0.2) is 42.6 Å². The molecule has 3 rings (SSSR count). The van der Waals surface area contributed by atoms with Crippen molar-refractivity contribution >= 4 is 5.78 Å². The lowest BCUT2D eigenvalue weighted by molar-refractivity contribution is 0.0811. The Kier molecular flexibility index (Phi) is 6.52. The average molecular weight is 387 g/mol. The monoisotopic (exact) mass is 387 g/mol. The Balaban J connectivity index is 1.67. The molecule has 28 heavy (non-hydrogen) atoms. The quantitative estimate of drug-likeness (QED) is 0.727. The molecule has 1 saturated heterocycles. The minimum Gasteiger partial charge on any atom is -0.504 e. The summed E-state index contributed by atoms with van der Waals surface area (Å²) < 4.78 is 24.3. The second kappa shape index (κ2) is 9.06. The van der Waals surface area contributed by atoms with Crippen molar-refractivity contribution in [2.75, 3.05) is 26.8 Å². The summed E-state index contributed by atoms with van der Waals surface area (Å²) in [5.74, 6) is 0.0157. The van der Waals surface area contributed by atoms with Crippen LogP contribution < -0.4 is 9.47 Å². The molecule has 6 heteroatoms. The van der Waals surface area contributed by atoms with Gasteiger partial charge in [-0.2, -0.15) is 0 Å². The zero-order valence-electron chi connectivity index (χ0n) is 16.3. The van der Waals surface area contributed by atoms with Crippen LogP contribution in [0.15, 0.2) is 36.4 Å². The van der Waals surface area contributed by atoms with Gasteiger partial charge in [-0.25, -0.2) is 4.39 Å². The van der Waals surface area contributed by atoms with Gasteiger partial charge in [-0.15, -0.1) is 0 Å². The number of benzene rings is 2. The standard InChI is InChI=1S/C22H26FNO4/c1-3-28-21-11-15(6-8-19(21)25)13-24-10-4-5-17(14-24)22(26)16-7-9-20(27-2)18(23)12-16/h6-9,11-12,17,25H,3-5,10,13-14H2,1-2H3. The molecule has 0 bridgehead atoms. The van der Waals surface area contributed by atoms with Crippen molar-refractivity contribution < 1.29 is 23.8 Å². The Morgan fingerprint density at radius 1 is 1.25 bits per heavy atom. The minimum atomic E-state index is -0.520. The second-order valence-corrected chi connectivity index (χ2v) is 7.02. The summed E-state index contributed by atoms with van der Waals surface area (Å²) in [5.41, 5.74) is 1.40. The van der Waals surface area contributed by atoms with Crippen molar-refractivity contribution in [1.29, 1.82) is 0 Å². The van der Waals surface area contributed by atoms with E-state index in [-0.39, 0.29) is 23.2 Å². The lowest BCUT2D eigenvalue weighted by Gasteiger charge is -2.32. The van der Waals surface area contributed by atoms with Crippen LogP contribution in [0.2, 0.25) is 0 Å². The van der Waals surface area contributed by atoms with E-state index in [1.807, 2.05) is 19.1 Å². The molecule has 1 heterocycles. The number of phenolic OH excluding ortho intramolecular Hbond substituents is 1. The Morgan fingerprint density at radius 2 is 2.07 bits per heavy atom. The van der Waals surface area contributed by atoms with Crippen LogP contribution >= 0.6 is 0 Å². The summed E-state index contributed by atoms with van der Waals surface area (Å²) in [4.78, 5) is 15.1. The number of Topliss-reactive ketones (excluding diaryl/α,β-unsaturated/α-hetero) is 1. The molecule has 1 fully saturated rings. The topological polar surface area (TPSA) is 59.0 Å². The van der Waals surface area contributed by atoms with Gasteiger partial charge in [0.15, 0.2) is 28.8 Å². The van der Waals surface area contributed by atoms with Crippen molar-refractivity contribution in [3.05, 3.63) is 53.3 Å². The van der Waals surface area contributed by atoms with Crippen LogP contribution in [0.4, 0.5) is 4.39 Å². The number of halogens is 1. The lowest BCUT2D eigenvalue weighted by Crippen LogP contribution is -2.38. The number of nitrogens with zero attached hydrogens (tertiary/aromatic N) is 1. The van der Waals surface area contributed by atoms with Crippen LogP contribution in [0.25, 0.3) is 0 Å². The van der Waals surface area contributed by atoms with E-state index in [1.165, 1.54) is 19.2 Å². The van der Waals surface area contributed by atoms with Crippen molar-refractivity contribution in [1.82, 2.24) is 4.90 Å². The number of piperidine rings is 1. The molecule has 2 aromatic rings. The molecule has 0 aromatic heterocycles. The molecular formula is C22H26FNO4. The Bertz CT molecular complexity index is 839. The number of phenols is 1. The number of aromatic hydroxyl groups is 1. The van der Waals surface area contributed by atoms with Gasteiger partial charge in [-0.1, -0.05) is 6.07 Å². The van der Waals surface area contributed by atoms with Crippen molar-refractivity contribution in [3.8, 4) is 17.2 Å². The first-order valence-corrected chi connectivity index (χ1v) is 9.56. The summed E-state index contributed by atoms with van der Waals surface area (Å²) in [6.45, 7) is 4.54. The van der Waals surface area contributed by atoms with E-state index in [0.717, 1.165) is 24.9 Å². The minimum absolute atomic E-state index is 0.0352. The molecule has 150 valence electrons. The van der Waals surface area contributed by atoms with Gasteiger partial charge in [-0.05, 0) is 62.2 Å². The first kappa shape index (κ1) is 20.1. The molecule has 0 spiro atoms. The molecule has 1 atom stereocenters. The molecule has 0 radical (unpaired) electrons. The predicted molar refractivity (Wildman–Crippen MR) is 105 cm³/mol. The molecule has 5 nitrogen and oxygen atoms in total. The summed E-state index contributed by atoms with van der Waals surface area (Å²) in [7, 11) is 1.40. The van der Waals surface area contributed by atoms with Crippen LogP contribution in [0.3, 0.4) is 0 Å². The smallest absolute Gasteiger partial charge is 0.167 e. The van der Waals surface area contributed by atoms with Crippen molar-refractivity contribution in [2.24, 2.45) is 5.92 Å². The molecule has 1 aliphatic rings. The van der Waals surface area contributed by atoms with Gasteiger partial charge >= 0.3 is 0 Å². The molecule has 1 aliphatic heterocycles.